The molecule has 2 heterocycles. The number of nitrogens with zero attached hydrogens (tertiary/aromatic N) is 1. The summed E-state index contributed by atoms with van der Waals surface area (Å²) in [4.78, 5) is 27.5. The lowest BCUT2D eigenvalue weighted by Gasteiger charge is -2.11. The summed E-state index contributed by atoms with van der Waals surface area (Å²) in [7, 11) is 0. The van der Waals surface area contributed by atoms with E-state index >= 15 is 0 Å². The molecule has 2 N–H and O–H groups in total. The van der Waals surface area contributed by atoms with Crippen LogP contribution in [-0.2, 0) is 9.59 Å². The zero-order valence-electron chi connectivity index (χ0n) is 10.5. The van der Waals surface area contributed by atoms with Crippen molar-refractivity contribution in [1.29, 1.82) is 0 Å². The lowest BCUT2D eigenvalue weighted by atomic mass is 10.1. The van der Waals surface area contributed by atoms with Crippen molar-refractivity contribution in [2.24, 2.45) is 5.92 Å². The molecular weight excluding hydrogens is 278 g/mol. The Hall–Kier alpha value is -2.14. The molecule has 1 unspecified atom stereocenters. The smallest absolute Gasteiger partial charge is 0.229 e. The first kappa shape index (κ1) is 12.9. The quantitative estimate of drug-likeness (QED) is 0.888. The molecule has 6 heteroatoms. The maximum absolute atomic E-state index is 12.1. The molecule has 102 valence electrons. The molecule has 0 aliphatic carbocycles. The lowest BCUT2D eigenvalue weighted by molar-refractivity contribution is -0.123. The Morgan fingerprint density at radius 1 is 1.40 bits per heavy atom. The van der Waals surface area contributed by atoms with E-state index in [1.54, 1.807) is 24.4 Å². The van der Waals surface area contributed by atoms with Crippen LogP contribution in [0.1, 0.15) is 6.42 Å². The standard InChI is InChI=1S/C14H12ClN3O2/c15-10-3-4-11(9-2-1-5-16-13(9)10)18-14(20)8-6-12(19)17-7-8/h1-5,8H,6-7H2,(H,17,19)(H,18,20). The number of carbonyl (C=O) groups is 2. The van der Waals surface area contributed by atoms with Crippen molar-refractivity contribution in [2.75, 3.05) is 11.9 Å². The normalized spacial score (nSPS) is 18.1. The topological polar surface area (TPSA) is 71.1 Å². The van der Waals surface area contributed by atoms with E-state index in [4.69, 9.17) is 11.6 Å². The maximum atomic E-state index is 12.1. The minimum absolute atomic E-state index is 0.0900. The van der Waals surface area contributed by atoms with E-state index in [1.807, 2.05) is 6.07 Å². The number of anilines is 1. The summed E-state index contributed by atoms with van der Waals surface area (Å²) >= 11 is 6.08. The molecule has 3 rings (SSSR count). The minimum Gasteiger partial charge on any atom is -0.355 e. The van der Waals surface area contributed by atoms with Gasteiger partial charge < -0.3 is 10.6 Å². The molecule has 1 aromatic carbocycles. The Balaban J connectivity index is 1.89. The van der Waals surface area contributed by atoms with Crippen LogP contribution < -0.4 is 10.6 Å². The molecule has 20 heavy (non-hydrogen) atoms. The van der Waals surface area contributed by atoms with E-state index in [-0.39, 0.29) is 24.2 Å². The number of amides is 2. The highest BCUT2D eigenvalue weighted by Gasteiger charge is 2.28. The summed E-state index contributed by atoms with van der Waals surface area (Å²) in [5.41, 5.74) is 1.30. The summed E-state index contributed by atoms with van der Waals surface area (Å²) < 4.78 is 0. The van der Waals surface area contributed by atoms with Gasteiger partial charge in [-0.05, 0) is 24.3 Å². The van der Waals surface area contributed by atoms with E-state index in [0.717, 1.165) is 5.39 Å². The van der Waals surface area contributed by atoms with Gasteiger partial charge in [-0.25, -0.2) is 0 Å². The molecule has 1 aromatic heterocycles. The molecule has 0 spiro atoms. The highest BCUT2D eigenvalue weighted by molar-refractivity contribution is 6.35. The third-order valence-corrected chi connectivity index (χ3v) is 3.63. The predicted octanol–water partition coefficient (Wildman–Crippen LogP) is 1.96. The Morgan fingerprint density at radius 2 is 2.25 bits per heavy atom. The monoisotopic (exact) mass is 289 g/mol. The average Bonchev–Trinajstić information content (AvgIpc) is 2.89. The van der Waals surface area contributed by atoms with Crippen LogP contribution in [0.4, 0.5) is 5.69 Å². The van der Waals surface area contributed by atoms with Crippen molar-refractivity contribution in [1.82, 2.24) is 10.3 Å². The fraction of sp³-hybridized carbons (Fsp3) is 0.214. The van der Waals surface area contributed by atoms with Crippen LogP contribution in [0.25, 0.3) is 10.9 Å². The molecule has 0 saturated carbocycles. The predicted molar refractivity (Wildman–Crippen MR) is 76.5 cm³/mol. The molecule has 1 saturated heterocycles. The van der Waals surface area contributed by atoms with Gasteiger partial charge in [-0.2, -0.15) is 0 Å². The van der Waals surface area contributed by atoms with Crippen LogP contribution in [0.2, 0.25) is 5.02 Å². The first-order chi connectivity index (χ1) is 9.65. The zero-order valence-corrected chi connectivity index (χ0v) is 11.3. The third kappa shape index (κ3) is 2.32. The second kappa shape index (κ2) is 5.09. The molecule has 2 amide bonds. The summed E-state index contributed by atoms with van der Waals surface area (Å²) in [5.74, 6) is -0.589. The fourth-order valence-corrected chi connectivity index (χ4v) is 2.49. The highest BCUT2D eigenvalue weighted by Crippen LogP contribution is 2.28. The minimum atomic E-state index is -0.329. The number of hydrogen-bond acceptors (Lipinski definition) is 3. The second-order valence-electron chi connectivity index (χ2n) is 4.69. The van der Waals surface area contributed by atoms with E-state index in [1.165, 1.54) is 0 Å². The first-order valence-electron chi connectivity index (χ1n) is 6.26. The van der Waals surface area contributed by atoms with Crippen LogP contribution in [-0.4, -0.2) is 23.3 Å². The number of fused-ring (bicyclic) bond motifs is 1. The average molecular weight is 290 g/mol. The molecule has 1 fully saturated rings. The molecule has 2 aromatic rings. The van der Waals surface area contributed by atoms with Crippen LogP contribution in [0.3, 0.4) is 0 Å². The first-order valence-corrected chi connectivity index (χ1v) is 6.64. The largest absolute Gasteiger partial charge is 0.355 e. The molecule has 1 aliphatic rings. The van der Waals surface area contributed by atoms with Crippen LogP contribution in [0.5, 0.6) is 0 Å². The summed E-state index contributed by atoms with van der Waals surface area (Å²) in [6.45, 7) is 0.383. The van der Waals surface area contributed by atoms with Crippen molar-refractivity contribution in [3.8, 4) is 0 Å². The number of carbonyl (C=O) groups excluding carboxylic acids is 2. The van der Waals surface area contributed by atoms with Gasteiger partial charge in [0.25, 0.3) is 0 Å². The van der Waals surface area contributed by atoms with Gasteiger partial charge in [0, 0.05) is 24.5 Å². The van der Waals surface area contributed by atoms with Gasteiger partial charge in [0.2, 0.25) is 11.8 Å². The van der Waals surface area contributed by atoms with Crippen LogP contribution >= 0.6 is 11.6 Å². The number of rotatable bonds is 2. The number of hydrogen-bond donors (Lipinski definition) is 2. The SMILES string of the molecule is O=C1CC(C(=O)Nc2ccc(Cl)c3ncccc23)CN1. The van der Waals surface area contributed by atoms with Crippen LogP contribution in [0, 0.1) is 5.92 Å². The highest BCUT2D eigenvalue weighted by atomic mass is 35.5. The molecule has 0 radical (unpaired) electrons. The molecule has 0 bridgehead atoms. The van der Waals surface area contributed by atoms with Crippen molar-refractivity contribution in [2.45, 2.75) is 6.42 Å². The Bertz CT molecular complexity index is 702. The molecule has 1 aliphatic heterocycles. The summed E-state index contributed by atoms with van der Waals surface area (Å²) in [6, 6.07) is 7.08. The third-order valence-electron chi connectivity index (χ3n) is 3.33. The van der Waals surface area contributed by atoms with E-state index < -0.39 is 0 Å². The van der Waals surface area contributed by atoms with Gasteiger partial charge in [0.1, 0.15) is 0 Å². The van der Waals surface area contributed by atoms with Crippen LogP contribution in [0.15, 0.2) is 30.5 Å². The summed E-state index contributed by atoms with van der Waals surface area (Å²) in [6.07, 6.45) is 1.88. The number of nitrogens with one attached hydrogen (secondary N) is 2. The zero-order chi connectivity index (χ0) is 14.1. The van der Waals surface area contributed by atoms with Crippen molar-refractivity contribution in [3.05, 3.63) is 35.5 Å². The number of aromatic nitrogens is 1. The van der Waals surface area contributed by atoms with Gasteiger partial charge in [0.15, 0.2) is 0 Å². The van der Waals surface area contributed by atoms with E-state index in [0.29, 0.717) is 22.8 Å². The van der Waals surface area contributed by atoms with E-state index in [2.05, 4.69) is 15.6 Å². The number of halogens is 1. The Labute approximate surface area is 120 Å². The van der Waals surface area contributed by atoms with Crippen molar-refractivity contribution in [3.63, 3.8) is 0 Å². The fourth-order valence-electron chi connectivity index (χ4n) is 2.27. The number of benzene rings is 1. The van der Waals surface area contributed by atoms with E-state index in [9.17, 15) is 9.59 Å². The second-order valence-corrected chi connectivity index (χ2v) is 5.10. The van der Waals surface area contributed by atoms with Gasteiger partial charge in [-0.15, -0.1) is 0 Å². The summed E-state index contributed by atoms with van der Waals surface area (Å²) in [5, 5.41) is 6.82. The van der Waals surface area contributed by atoms with Crippen molar-refractivity contribution < 1.29 is 9.59 Å². The van der Waals surface area contributed by atoms with Gasteiger partial charge in [-0.1, -0.05) is 11.6 Å². The van der Waals surface area contributed by atoms with Crippen molar-refractivity contribution >= 4 is 40.0 Å². The number of pyridine rings is 1. The lowest BCUT2D eigenvalue weighted by Crippen LogP contribution is -2.24. The van der Waals surface area contributed by atoms with Gasteiger partial charge in [0.05, 0.1) is 22.1 Å². The Kier molecular flexibility index (Phi) is 3.28. The Morgan fingerprint density at radius 3 is 3.00 bits per heavy atom. The molecule has 1 atom stereocenters. The molecule has 5 nitrogen and oxygen atoms in total. The van der Waals surface area contributed by atoms with Gasteiger partial charge in [-0.3, -0.25) is 14.6 Å². The van der Waals surface area contributed by atoms with Gasteiger partial charge >= 0.3 is 0 Å². The molecular formula is C14H12ClN3O2. The maximum Gasteiger partial charge on any atom is 0.229 e.